The fraction of sp³-hybridized carbons (Fsp3) is 0.269. The summed E-state index contributed by atoms with van der Waals surface area (Å²) in [5.74, 6) is 0.990. The van der Waals surface area contributed by atoms with E-state index in [1.54, 1.807) is 45.0 Å². The summed E-state index contributed by atoms with van der Waals surface area (Å²) in [5.41, 5.74) is 0.839. The summed E-state index contributed by atoms with van der Waals surface area (Å²) in [4.78, 5) is 21.2. The van der Waals surface area contributed by atoms with Crippen LogP contribution in [0.2, 0.25) is 0 Å². The van der Waals surface area contributed by atoms with E-state index in [0.29, 0.717) is 34.0 Å². The molecule has 1 unspecified atom stereocenters. The molecule has 0 fully saturated rings. The first-order valence-electron chi connectivity index (χ1n) is 10.9. The third-order valence-corrected chi connectivity index (χ3v) is 5.57. The summed E-state index contributed by atoms with van der Waals surface area (Å²) in [5, 5.41) is 2.72. The fourth-order valence-corrected chi connectivity index (χ4v) is 4.22. The molecule has 7 nitrogen and oxygen atoms in total. The van der Waals surface area contributed by atoms with Crippen molar-refractivity contribution in [2.45, 2.75) is 31.9 Å². The number of nitrogens with zero attached hydrogens (tertiary/aromatic N) is 2. The zero-order valence-corrected chi connectivity index (χ0v) is 19.1. The number of amides is 1. The highest BCUT2D eigenvalue weighted by molar-refractivity contribution is 5.97. The van der Waals surface area contributed by atoms with E-state index in [0.717, 1.165) is 5.56 Å². The number of rotatable bonds is 1. The zero-order chi connectivity index (χ0) is 23.9. The smallest absolute Gasteiger partial charge is 0.413 e. The molecule has 34 heavy (non-hydrogen) atoms. The van der Waals surface area contributed by atoms with E-state index < -0.39 is 23.2 Å². The van der Waals surface area contributed by atoms with Gasteiger partial charge in [0, 0.05) is 22.9 Å². The number of aromatic nitrogens is 1. The van der Waals surface area contributed by atoms with E-state index >= 15 is 0 Å². The second-order valence-electron chi connectivity index (χ2n) is 9.19. The number of fused-ring (bicyclic) bond motifs is 4. The molecule has 3 aromatic rings. The van der Waals surface area contributed by atoms with Gasteiger partial charge in [0.2, 0.25) is 5.95 Å². The van der Waals surface area contributed by atoms with Gasteiger partial charge in [-0.3, -0.25) is 10.3 Å². The number of carbonyl (C=O) groups is 1. The van der Waals surface area contributed by atoms with Crippen molar-refractivity contribution >= 4 is 11.9 Å². The van der Waals surface area contributed by atoms with Gasteiger partial charge in [0.1, 0.15) is 35.1 Å². The summed E-state index contributed by atoms with van der Waals surface area (Å²) >= 11 is 0. The molecule has 0 saturated carbocycles. The van der Waals surface area contributed by atoms with E-state index in [2.05, 4.69) is 10.3 Å². The molecular weight excluding hydrogens is 437 g/mol. The van der Waals surface area contributed by atoms with Crippen molar-refractivity contribution in [2.75, 3.05) is 13.2 Å². The number of alkyl carbamates (subject to hydrolysis) is 1. The van der Waals surface area contributed by atoms with Crippen molar-refractivity contribution in [1.82, 2.24) is 10.3 Å². The van der Waals surface area contributed by atoms with E-state index in [4.69, 9.17) is 19.2 Å². The van der Waals surface area contributed by atoms with E-state index in [-0.39, 0.29) is 13.2 Å². The highest BCUT2D eigenvalue weighted by Gasteiger charge is 2.45. The van der Waals surface area contributed by atoms with Gasteiger partial charge >= 0.3 is 6.09 Å². The lowest BCUT2D eigenvalue weighted by atomic mass is 9.79. The molecule has 3 heterocycles. The van der Waals surface area contributed by atoms with Crippen LogP contribution in [-0.4, -0.2) is 35.7 Å². The largest absolute Gasteiger partial charge is 0.457 e. The van der Waals surface area contributed by atoms with Gasteiger partial charge in [0.15, 0.2) is 0 Å². The molecule has 174 valence electrons. The van der Waals surface area contributed by atoms with Gasteiger partial charge in [-0.15, -0.1) is 0 Å². The number of amidine groups is 1. The van der Waals surface area contributed by atoms with Gasteiger partial charge in [-0.2, -0.15) is 4.39 Å². The molecular formula is C26H24FN3O4. The molecule has 1 spiro atoms. The molecule has 1 N–H and O–H groups in total. The maximum Gasteiger partial charge on any atom is 0.413 e. The summed E-state index contributed by atoms with van der Waals surface area (Å²) in [6.45, 7) is 5.71. The Labute approximate surface area is 196 Å². The molecule has 1 amide bonds. The highest BCUT2D eigenvalue weighted by Crippen LogP contribution is 2.51. The molecule has 2 aromatic carbocycles. The lowest BCUT2D eigenvalue weighted by molar-refractivity contribution is 0.0545. The average molecular weight is 461 g/mol. The fourth-order valence-electron chi connectivity index (χ4n) is 4.22. The Morgan fingerprint density at radius 2 is 1.88 bits per heavy atom. The first-order chi connectivity index (χ1) is 16.2. The van der Waals surface area contributed by atoms with Crippen molar-refractivity contribution < 1.29 is 23.4 Å². The number of para-hydroxylation sites is 1. The van der Waals surface area contributed by atoms with Crippen molar-refractivity contribution in [3.63, 3.8) is 0 Å². The number of hydrogen-bond acceptors (Lipinski definition) is 6. The Hall–Kier alpha value is -3.78. The van der Waals surface area contributed by atoms with Crippen LogP contribution in [0.5, 0.6) is 11.5 Å². The third-order valence-electron chi connectivity index (χ3n) is 5.57. The van der Waals surface area contributed by atoms with Crippen LogP contribution in [0.1, 0.15) is 31.9 Å². The Bertz CT molecular complexity index is 1300. The van der Waals surface area contributed by atoms with Gasteiger partial charge in [-0.1, -0.05) is 24.3 Å². The van der Waals surface area contributed by atoms with Gasteiger partial charge in [-0.25, -0.2) is 9.78 Å². The van der Waals surface area contributed by atoms with Crippen molar-refractivity contribution in [3.05, 3.63) is 77.9 Å². The Morgan fingerprint density at radius 3 is 2.68 bits per heavy atom. The molecule has 0 radical (unpaired) electrons. The van der Waals surface area contributed by atoms with Crippen LogP contribution < -0.4 is 10.1 Å². The summed E-state index contributed by atoms with van der Waals surface area (Å²) in [6, 6.07) is 16.3. The average Bonchev–Trinajstić information content (AvgIpc) is 2.79. The second-order valence-corrected chi connectivity index (χ2v) is 9.19. The lowest BCUT2D eigenvalue weighted by Crippen LogP contribution is -2.46. The molecule has 5 rings (SSSR count). The topological polar surface area (TPSA) is 82.0 Å². The lowest BCUT2D eigenvalue weighted by Gasteiger charge is -2.40. The Morgan fingerprint density at radius 1 is 1.09 bits per heavy atom. The van der Waals surface area contributed by atoms with Crippen molar-refractivity contribution in [1.29, 1.82) is 0 Å². The monoisotopic (exact) mass is 461 g/mol. The number of ether oxygens (including phenoxy) is 3. The molecule has 2 aliphatic rings. The minimum atomic E-state index is -0.999. The number of pyridine rings is 1. The van der Waals surface area contributed by atoms with Crippen molar-refractivity contribution in [3.8, 4) is 22.6 Å². The van der Waals surface area contributed by atoms with Crippen LogP contribution in [-0.2, 0) is 15.0 Å². The maximum absolute atomic E-state index is 14.5. The number of hydrogen-bond donors (Lipinski definition) is 1. The van der Waals surface area contributed by atoms with Crippen LogP contribution >= 0.6 is 0 Å². The predicted molar refractivity (Wildman–Crippen MR) is 125 cm³/mol. The van der Waals surface area contributed by atoms with E-state index in [9.17, 15) is 9.18 Å². The quantitative estimate of drug-likeness (QED) is 0.505. The molecule has 1 atom stereocenters. The number of nitrogens with one attached hydrogen (secondary N) is 1. The van der Waals surface area contributed by atoms with Gasteiger partial charge in [0.25, 0.3) is 0 Å². The summed E-state index contributed by atoms with van der Waals surface area (Å²) in [7, 11) is 0. The summed E-state index contributed by atoms with van der Waals surface area (Å²) < 4.78 is 32.0. The normalized spacial score (nSPS) is 18.9. The molecule has 0 bridgehead atoms. The van der Waals surface area contributed by atoms with Gasteiger partial charge < -0.3 is 14.2 Å². The standard InChI is InChI=1S/C26H24FN3O4/c1-25(2,3)34-24(31)29-22-14-32-15-26(30-22)18-8-4-5-9-20(18)33-21-11-10-16(13-19(21)26)17-7-6-12-28-23(17)27/h4-13H,14-15H2,1-3H3,(H,29,30,31). The molecule has 8 heteroatoms. The zero-order valence-electron chi connectivity index (χ0n) is 19.1. The minimum absolute atomic E-state index is 0.121. The third kappa shape index (κ3) is 4.01. The van der Waals surface area contributed by atoms with E-state index in [1.165, 1.54) is 6.20 Å². The van der Waals surface area contributed by atoms with Crippen LogP contribution in [0.4, 0.5) is 9.18 Å². The molecule has 1 aromatic heterocycles. The first-order valence-corrected chi connectivity index (χ1v) is 10.9. The highest BCUT2D eigenvalue weighted by atomic mass is 19.1. The van der Waals surface area contributed by atoms with Crippen LogP contribution in [0.3, 0.4) is 0 Å². The Balaban J connectivity index is 1.64. The number of halogens is 1. The molecule has 0 aliphatic carbocycles. The van der Waals surface area contributed by atoms with Gasteiger partial charge in [-0.05, 0) is 56.7 Å². The first kappa shape index (κ1) is 22.0. The SMILES string of the molecule is CC(C)(C)OC(=O)NC1=NC2(COC1)c1ccccc1Oc1ccc(-c3cccnc3F)cc12. The second kappa shape index (κ2) is 8.22. The van der Waals surface area contributed by atoms with Crippen LogP contribution in [0.25, 0.3) is 11.1 Å². The number of benzene rings is 2. The maximum atomic E-state index is 14.5. The van der Waals surface area contributed by atoms with E-state index in [1.807, 2.05) is 30.3 Å². The van der Waals surface area contributed by atoms with Gasteiger partial charge in [0.05, 0.1) is 6.61 Å². The number of aliphatic imine (C=N–C) groups is 1. The predicted octanol–water partition coefficient (Wildman–Crippen LogP) is 5.19. The number of carbonyl (C=O) groups excluding carboxylic acids is 1. The van der Waals surface area contributed by atoms with Crippen LogP contribution in [0.15, 0.2) is 65.8 Å². The summed E-state index contributed by atoms with van der Waals surface area (Å²) in [6.07, 6.45) is 0.796. The van der Waals surface area contributed by atoms with Crippen molar-refractivity contribution in [2.24, 2.45) is 4.99 Å². The Kier molecular flexibility index (Phi) is 5.32. The molecule has 0 saturated heterocycles. The molecule has 2 aliphatic heterocycles. The van der Waals surface area contributed by atoms with Crippen LogP contribution in [0, 0.1) is 5.95 Å². The minimum Gasteiger partial charge on any atom is -0.457 e.